The normalized spacial score (nSPS) is 18.2. The van der Waals surface area contributed by atoms with Crippen molar-refractivity contribution in [1.29, 1.82) is 0 Å². The van der Waals surface area contributed by atoms with Gasteiger partial charge in [-0.2, -0.15) is 0 Å². The van der Waals surface area contributed by atoms with Crippen LogP contribution >= 0.6 is 0 Å². The zero-order chi connectivity index (χ0) is 29.0. The van der Waals surface area contributed by atoms with E-state index >= 15 is 0 Å². The molecular weight excluding hydrogens is 528 g/mol. The lowest BCUT2D eigenvalue weighted by Crippen LogP contribution is -2.64. The summed E-state index contributed by atoms with van der Waals surface area (Å²) in [5.41, 5.74) is 2.44. The first kappa shape index (κ1) is 27.9. The Balaban J connectivity index is 1.29. The van der Waals surface area contributed by atoms with Gasteiger partial charge in [0.1, 0.15) is 19.3 Å². The van der Waals surface area contributed by atoms with Crippen molar-refractivity contribution in [3.8, 4) is 11.1 Å². The van der Waals surface area contributed by atoms with E-state index in [1.165, 1.54) is 0 Å². The highest BCUT2D eigenvalue weighted by molar-refractivity contribution is 6.13. The Labute approximate surface area is 236 Å². The zero-order valence-electron chi connectivity index (χ0n) is 22.2. The third-order valence-corrected chi connectivity index (χ3v) is 7.70. The van der Waals surface area contributed by atoms with E-state index in [0.717, 1.165) is 27.2 Å². The number of aliphatic carboxylic acids is 1. The standard InChI is InChI=1S/C31H30N2O8/c34-17-26(32-29(38)40-18-20-9-2-1-3-10-20)27(35)31(28(36)37)15-8-16-33(31)30(39)41-19-25-23-13-6-4-11-21(23)22-12-5-7-14-24(22)25/h1-7,9-14,25-26,34H,8,15-19H2,(H,32,38)(H,36,37)/t26-,31-/m1/s1. The smallest absolute Gasteiger partial charge is 0.411 e. The van der Waals surface area contributed by atoms with Crippen LogP contribution in [0.1, 0.15) is 35.4 Å². The Hall–Kier alpha value is -4.70. The average Bonchev–Trinajstić information content (AvgIpc) is 3.59. The molecule has 0 saturated carbocycles. The van der Waals surface area contributed by atoms with Crippen molar-refractivity contribution >= 4 is 23.9 Å². The number of carbonyl (C=O) groups is 4. The van der Waals surface area contributed by atoms with Gasteiger partial charge in [-0.05, 0) is 40.7 Å². The van der Waals surface area contributed by atoms with Crippen molar-refractivity contribution in [2.75, 3.05) is 19.8 Å². The van der Waals surface area contributed by atoms with E-state index in [1.807, 2.05) is 48.5 Å². The van der Waals surface area contributed by atoms with Gasteiger partial charge < -0.3 is 25.0 Å². The largest absolute Gasteiger partial charge is 0.479 e. The summed E-state index contributed by atoms with van der Waals surface area (Å²) in [7, 11) is 0. The molecule has 0 unspecified atom stereocenters. The Morgan fingerprint density at radius 2 is 1.51 bits per heavy atom. The van der Waals surface area contributed by atoms with Crippen LogP contribution in [0.4, 0.5) is 9.59 Å². The zero-order valence-corrected chi connectivity index (χ0v) is 22.2. The van der Waals surface area contributed by atoms with Crippen molar-refractivity contribution in [3.05, 3.63) is 95.6 Å². The number of hydrogen-bond donors (Lipinski definition) is 3. The van der Waals surface area contributed by atoms with E-state index in [4.69, 9.17) is 9.47 Å². The molecule has 0 aromatic heterocycles. The molecule has 0 bridgehead atoms. The van der Waals surface area contributed by atoms with Gasteiger partial charge in [-0.3, -0.25) is 9.69 Å². The second kappa shape index (κ2) is 11.8. The number of ether oxygens (including phenoxy) is 2. The molecule has 1 aliphatic heterocycles. The molecule has 0 radical (unpaired) electrons. The van der Waals surface area contributed by atoms with Gasteiger partial charge in [0.2, 0.25) is 5.54 Å². The first-order valence-electron chi connectivity index (χ1n) is 13.3. The number of rotatable bonds is 9. The number of nitrogens with one attached hydrogen (secondary N) is 1. The maximum atomic E-state index is 13.6. The minimum atomic E-state index is -2.32. The molecule has 2 aliphatic rings. The molecule has 1 saturated heterocycles. The molecule has 212 valence electrons. The van der Waals surface area contributed by atoms with Crippen LogP contribution in [0, 0.1) is 0 Å². The maximum absolute atomic E-state index is 13.6. The molecular formula is C31H30N2O8. The molecule has 0 spiro atoms. The number of Topliss-reactive ketones (excluding diaryl/α,β-unsaturated/α-hetero) is 1. The highest BCUT2D eigenvalue weighted by Gasteiger charge is 2.58. The van der Waals surface area contributed by atoms with Crippen LogP contribution in [-0.4, -0.2) is 70.4 Å². The van der Waals surface area contributed by atoms with E-state index in [0.29, 0.717) is 5.56 Å². The SMILES string of the molecule is O=C(N[C@H](CO)C(=O)[C@@]1(C(=O)O)CCCN1C(=O)OCC1c2ccccc2-c2ccccc21)OCc1ccccc1. The molecule has 1 fully saturated rings. The third kappa shape index (κ3) is 5.26. The van der Waals surface area contributed by atoms with Gasteiger partial charge in [-0.15, -0.1) is 0 Å². The summed E-state index contributed by atoms with van der Waals surface area (Å²) in [6.45, 7) is -1.06. The molecule has 41 heavy (non-hydrogen) atoms. The highest BCUT2D eigenvalue weighted by atomic mass is 16.6. The second-order valence-electron chi connectivity index (χ2n) is 10.0. The molecule has 10 heteroatoms. The number of nitrogens with zero attached hydrogens (tertiary/aromatic N) is 1. The summed E-state index contributed by atoms with van der Waals surface area (Å²) >= 11 is 0. The number of ketones is 1. The van der Waals surface area contributed by atoms with Crippen LogP contribution in [-0.2, 0) is 25.7 Å². The molecule has 3 aromatic rings. The van der Waals surface area contributed by atoms with Crippen molar-refractivity contribution in [3.63, 3.8) is 0 Å². The van der Waals surface area contributed by atoms with E-state index in [2.05, 4.69) is 5.32 Å². The van der Waals surface area contributed by atoms with Crippen LogP contribution in [0.2, 0.25) is 0 Å². The summed E-state index contributed by atoms with van der Waals surface area (Å²) in [5.74, 6) is -2.85. The van der Waals surface area contributed by atoms with Gasteiger partial charge in [-0.1, -0.05) is 78.9 Å². The van der Waals surface area contributed by atoms with Gasteiger partial charge in [0.05, 0.1) is 6.61 Å². The highest BCUT2D eigenvalue weighted by Crippen LogP contribution is 2.44. The molecule has 1 heterocycles. The fraction of sp³-hybridized carbons (Fsp3) is 0.290. The summed E-state index contributed by atoms with van der Waals surface area (Å²) in [5, 5.41) is 22.4. The average molecular weight is 559 g/mol. The fourth-order valence-electron chi connectivity index (χ4n) is 5.71. The topological polar surface area (TPSA) is 142 Å². The van der Waals surface area contributed by atoms with Gasteiger partial charge in [0, 0.05) is 12.5 Å². The molecule has 2 amide bonds. The first-order chi connectivity index (χ1) is 19.9. The predicted molar refractivity (Wildman–Crippen MR) is 147 cm³/mol. The Morgan fingerprint density at radius 3 is 2.12 bits per heavy atom. The number of fused-ring (bicyclic) bond motifs is 3. The summed E-state index contributed by atoms with van der Waals surface area (Å²) in [6.07, 6.45) is -1.93. The van der Waals surface area contributed by atoms with Gasteiger partial charge >= 0.3 is 18.2 Å². The number of likely N-dealkylation sites (tertiary alicyclic amines) is 1. The van der Waals surface area contributed by atoms with Crippen molar-refractivity contribution < 1.29 is 38.9 Å². The molecule has 2 atom stereocenters. The number of aliphatic hydroxyl groups excluding tert-OH is 1. The molecule has 3 aromatic carbocycles. The Morgan fingerprint density at radius 1 is 0.902 bits per heavy atom. The minimum Gasteiger partial charge on any atom is -0.479 e. The number of amides is 2. The Kier molecular flexibility index (Phi) is 8.02. The quantitative estimate of drug-likeness (QED) is 0.338. The lowest BCUT2D eigenvalue weighted by molar-refractivity contribution is -0.156. The van der Waals surface area contributed by atoms with Gasteiger partial charge in [-0.25, -0.2) is 14.4 Å². The van der Waals surface area contributed by atoms with Gasteiger partial charge in [0.25, 0.3) is 0 Å². The number of aliphatic hydroxyl groups is 1. The molecule has 5 rings (SSSR count). The molecule has 3 N–H and O–H groups in total. The lowest BCUT2D eigenvalue weighted by Gasteiger charge is -2.35. The first-order valence-corrected chi connectivity index (χ1v) is 13.3. The van der Waals surface area contributed by atoms with Crippen LogP contribution in [0.25, 0.3) is 11.1 Å². The number of hydrogen-bond acceptors (Lipinski definition) is 7. The third-order valence-electron chi connectivity index (χ3n) is 7.70. The number of carbonyl (C=O) groups excluding carboxylic acids is 3. The molecule has 1 aliphatic carbocycles. The second-order valence-corrected chi connectivity index (χ2v) is 10.0. The number of alkyl carbamates (subject to hydrolysis) is 1. The fourth-order valence-corrected chi connectivity index (χ4v) is 5.71. The van der Waals surface area contributed by atoms with E-state index in [-0.39, 0.29) is 38.5 Å². The number of carboxylic acid groups (broad SMARTS) is 1. The van der Waals surface area contributed by atoms with Crippen LogP contribution in [0.15, 0.2) is 78.9 Å². The van der Waals surface area contributed by atoms with E-state index in [1.54, 1.807) is 30.3 Å². The summed E-state index contributed by atoms with van der Waals surface area (Å²) in [4.78, 5) is 52.8. The maximum Gasteiger partial charge on any atom is 0.411 e. The predicted octanol–water partition coefficient (Wildman–Crippen LogP) is 3.71. The van der Waals surface area contributed by atoms with E-state index < -0.39 is 42.1 Å². The molecule has 10 nitrogen and oxygen atoms in total. The van der Waals surface area contributed by atoms with Crippen LogP contribution < -0.4 is 5.32 Å². The van der Waals surface area contributed by atoms with Crippen molar-refractivity contribution in [2.45, 2.75) is 36.9 Å². The minimum absolute atomic E-state index is 0.0364. The van der Waals surface area contributed by atoms with E-state index in [9.17, 15) is 29.4 Å². The lowest BCUT2D eigenvalue weighted by atomic mass is 9.87. The summed E-state index contributed by atoms with van der Waals surface area (Å²) in [6, 6.07) is 22.8. The summed E-state index contributed by atoms with van der Waals surface area (Å²) < 4.78 is 10.8. The van der Waals surface area contributed by atoms with Crippen molar-refractivity contribution in [1.82, 2.24) is 10.2 Å². The number of benzene rings is 3. The number of carboxylic acids is 1. The Bertz CT molecular complexity index is 1410. The monoisotopic (exact) mass is 558 g/mol. The van der Waals surface area contributed by atoms with Crippen LogP contribution in [0.5, 0.6) is 0 Å². The van der Waals surface area contributed by atoms with Crippen LogP contribution in [0.3, 0.4) is 0 Å². The van der Waals surface area contributed by atoms with Gasteiger partial charge in [0.15, 0.2) is 5.78 Å². The van der Waals surface area contributed by atoms with Crippen molar-refractivity contribution in [2.24, 2.45) is 0 Å².